The minimum absolute atomic E-state index is 0.278. The Morgan fingerprint density at radius 1 is 1.47 bits per heavy atom. The Kier molecular flexibility index (Phi) is 4.69. The van der Waals surface area contributed by atoms with Gasteiger partial charge in [-0.25, -0.2) is 14.4 Å². The Hall–Kier alpha value is -1.23. The van der Waals surface area contributed by atoms with Gasteiger partial charge < -0.3 is 10.2 Å². The minimum Gasteiger partial charge on any atom is -0.354 e. The molecule has 19 heavy (non-hydrogen) atoms. The van der Waals surface area contributed by atoms with Crippen LogP contribution in [-0.4, -0.2) is 35.6 Å². The van der Waals surface area contributed by atoms with E-state index >= 15 is 0 Å². The molecule has 2 rings (SSSR count). The van der Waals surface area contributed by atoms with Gasteiger partial charge in [0.1, 0.15) is 6.33 Å². The first-order valence-corrected chi connectivity index (χ1v) is 7.03. The number of anilines is 1. The first-order valence-electron chi connectivity index (χ1n) is 7.03. The van der Waals surface area contributed by atoms with Gasteiger partial charge in [0.15, 0.2) is 11.6 Å². The highest BCUT2D eigenvalue weighted by molar-refractivity contribution is 5.41. The second-order valence-corrected chi connectivity index (χ2v) is 5.61. The van der Waals surface area contributed by atoms with Crippen molar-refractivity contribution in [1.29, 1.82) is 0 Å². The standard InChI is InChI=1S/C14H23FN4/c1-10(2)16-7-12-5-4-6-19(8-12)14-13(15)11(3)17-9-18-14/h9-10,12,16H,4-8H2,1-3H3. The maximum Gasteiger partial charge on any atom is 0.186 e. The fourth-order valence-electron chi connectivity index (χ4n) is 2.49. The van der Waals surface area contributed by atoms with Crippen LogP contribution in [0.4, 0.5) is 10.2 Å². The van der Waals surface area contributed by atoms with E-state index in [-0.39, 0.29) is 5.82 Å². The van der Waals surface area contributed by atoms with Gasteiger partial charge in [-0.3, -0.25) is 0 Å². The Morgan fingerprint density at radius 2 is 2.26 bits per heavy atom. The van der Waals surface area contributed by atoms with Crippen LogP contribution in [0.5, 0.6) is 0 Å². The maximum absolute atomic E-state index is 14.0. The average Bonchev–Trinajstić information content (AvgIpc) is 2.40. The number of aromatic nitrogens is 2. The third-order valence-electron chi connectivity index (χ3n) is 3.58. The van der Waals surface area contributed by atoms with Crippen LogP contribution in [0.2, 0.25) is 0 Å². The molecule has 0 bridgehead atoms. The largest absolute Gasteiger partial charge is 0.354 e. The summed E-state index contributed by atoms with van der Waals surface area (Å²) in [6.45, 7) is 8.71. The van der Waals surface area contributed by atoms with Gasteiger partial charge >= 0.3 is 0 Å². The SMILES string of the molecule is Cc1ncnc(N2CCCC(CNC(C)C)C2)c1F. The number of nitrogens with one attached hydrogen (secondary N) is 1. The van der Waals surface area contributed by atoms with Crippen LogP contribution in [0.25, 0.3) is 0 Å². The van der Waals surface area contributed by atoms with E-state index in [9.17, 15) is 4.39 Å². The third-order valence-corrected chi connectivity index (χ3v) is 3.58. The predicted octanol–water partition coefficient (Wildman–Crippen LogP) is 2.14. The lowest BCUT2D eigenvalue weighted by atomic mass is 9.97. The van der Waals surface area contributed by atoms with Crippen LogP contribution < -0.4 is 10.2 Å². The molecule has 1 N–H and O–H groups in total. The molecular formula is C14H23FN4. The molecular weight excluding hydrogens is 243 g/mol. The first kappa shape index (κ1) is 14.2. The summed E-state index contributed by atoms with van der Waals surface area (Å²) in [6.07, 6.45) is 3.73. The molecule has 1 atom stereocenters. The smallest absolute Gasteiger partial charge is 0.186 e. The zero-order valence-corrected chi connectivity index (χ0v) is 12.0. The summed E-state index contributed by atoms with van der Waals surface area (Å²) in [6, 6.07) is 0.494. The van der Waals surface area contributed by atoms with Crippen molar-refractivity contribution in [1.82, 2.24) is 15.3 Å². The molecule has 0 aliphatic carbocycles. The van der Waals surface area contributed by atoms with E-state index in [1.807, 2.05) is 0 Å². The number of hydrogen-bond donors (Lipinski definition) is 1. The molecule has 0 spiro atoms. The quantitative estimate of drug-likeness (QED) is 0.906. The van der Waals surface area contributed by atoms with Crippen LogP contribution >= 0.6 is 0 Å². The number of rotatable bonds is 4. The molecule has 1 aliphatic heterocycles. The Bertz CT molecular complexity index is 422. The van der Waals surface area contributed by atoms with Crippen LogP contribution in [0, 0.1) is 18.7 Å². The molecule has 4 nitrogen and oxygen atoms in total. The molecule has 1 aromatic rings. The average molecular weight is 266 g/mol. The van der Waals surface area contributed by atoms with Gasteiger partial charge in [0.25, 0.3) is 0 Å². The molecule has 0 radical (unpaired) electrons. The van der Waals surface area contributed by atoms with E-state index in [0.29, 0.717) is 23.5 Å². The lowest BCUT2D eigenvalue weighted by Gasteiger charge is -2.34. The molecule has 0 amide bonds. The Balaban J connectivity index is 2.02. The van der Waals surface area contributed by atoms with Crippen LogP contribution in [-0.2, 0) is 0 Å². The molecule has 2 heterocycles. The van der Waals surface area contributed by atoms with Crippen molar-refractivity contribution in [3.8, 4) is 0 Å². The summed E-state index contributed by atoms with van der Waals surface area (Å²) in [5.41, 5.74) is 0.424. The van der Waals surface area contributed by atoms with E-state index in [2.05, 4.69) is 34.0 Å². The predicted molar refractivity (Wildman–Crippen MR) is 74.8 cm³/mol. The summed E-state index contributed by atoms with van der Waals surface area (Å²) >= 11 is 0. The van der Waals surface area contributed by atoms with Crippen molar-refractivity contribution in [2.45, 2.75) is 39.7 Å². The van der Waals surface area contributed by atoms with E-state index in [0.717, 1.165) is 26.1 Å². The highest BCUT2D eigenvalue weighted by Gasteiger charge is 2.23. The summed E-state index contributed by atoms with van der Waals surface area (Å²) in [4.78, 5) is 10.1. The van der Waals surface area contributed by atoms with Crippen molar-refractivity contribution in [2.24, 2.45) is 5.92 Å². The normalized spacial score (nSPS) is 20.1. The van der Waals surface area contributed by atoms with Gasteiger partial charge in [-0.05, 0) is 32.2 Å². The van der Waals surface area contributed by atoms with Crippen molar-refractivity contribution < 1.29 is 4.39 Å². The highest BCUT2D eigenvalue weighted by atomic mass is 19.1. The van der Waals surface area contributed by atoms with E-state index in [1.165, 1.54) is 12.7 Å². The molecule has 1 saturated heterocycles. The minimum atomic E-state index is -0.278. The van der Waals surface area contributed by atoms with E-state index < -0.39 is 0 Å². The van der Waals surface area contributed by atoms with Gasteiger partial charge in [-0.2, -0.15) is 0 Å². The van der Waals surface area contributed by atoms with Crippen molar-refractivity contribution in [3.05, 3.63) is 17.8 Å². The molecule has 0 aromatic carbocycles. The topological polar surface area (TPSA) is 41.1 Å². The summed E-state index contributed by atoms with van der Waals surface area (Å²) in [7, 11) is 0. The van der Waals surface area contributed by atoms with Crippen molar-refractivity contribution in [3.63, 3.8) is 0 Å². The van der Waals surface area contributed by atoms with E-state index in [4.69, 9.17) is 0 Å². The molecule has 1 fully saturated rings. The third kappa shape index (κ3) is 3.62. The number of halogens is 1. The molecule has 5 heteroatoms. The number of piperidine rings is 1. The van der Waals surface area contributed by atoms with Crippen molar-refractivity contribution in [2.75, 3.05) is 24.5 Å². The zero-order valence-electron chi connectivity index (χ0n) is 12.0. The first-order chi connectivity index (χ1) is 9.08. The number of nitrogens with zero attached hydrogens (tertiary/aromatic N) is 3. The lowest BCUT2D eigenvalue weighted by molar-refractivity contribution is 0.375. The summed E-state index contributed by atoms with van der Waals surface area (Å²) < 4.78 is 14.0. The molecule has 1 unspecified atom stereocenters. The van der Waals surface area contributed by atoms with Gasteiger partial charge in [-0.1, -0.05) is 13.8 Å². The summed E-state index contributed by atoms with van der Waals surface area (Å²) in [5, 5.41) is 3.46. The molecule has 1 aliphatic rings. The van der Waals surface area contributed by atoms with Crippen LogP contribution in [0.1, 0.15) is 32.4 Å². The second-order valence-electron chi connectivity index (χ2n) is 5.61. The second kappa shape index (κ2) is 6.28. The number of hydrogen-bond acceptors (Lipinski definition) is 4. The Morgan fingerprint density at radius 3 is 3.00 bits per heavy atom. The molecule has 0 saturated carbocycles. The van der Waals surface area contributed by atoms with Gasteiger partial charge in [-0.15, -0.1) is 0 Å². The van der Waals surface area contributed by atoms with Crippen LogP contribution in [0.15, 0.2) is 6.33 Å². The van der Waals surface area contributed by atoms with Gasteiger partial charge in [0, 0.05) is 19.1 Å². The highest BCUT2D eigenvalue weighted by Crippen LogP contribution is 2.24. The van der Waals surface area contributed by atoms with Crippen LogP contribution in [0.3, 0.4) is 0 Å². The number of aryl methyl sites for hydroxylation is 1. The zero-order chi connectivity index (χ0) is 13.8. The van der Waals surface area contributed by atoms with E-state index in [1.54, 1.807) is 6.92 Å². The fourth-order valence-corrected chi connectivity index (χ4v) is 2.49. The monoisotopic (exact) mass is 266 g/mol. The lowest BCUT2D eigenvalue weighted by Crippen LogP contribution is -2.41. The van der Waals surface area contributed by atoms with Crippen molar-refractivity contribution >= 4 is 5.82 Å². The maximum atomic E-state index is 14.0. The molecule has 106 valence electrons. The van der Waals surface area contributed by atoms with Gasteiger partial charge in [0.05, 0.1) is 5.69 Å². The summed E-state index contributed by atoms with van der Waals surface area (Å²) in [5.74, 6) is 0.743. The van der Waals surface area contributed by atoms with Gasteiger partial charge in [0.2, 0.25) is 0 Å². The Labute approximate surface area is 114 Å². The molecule has 1 aromatic heterocycles. The fraction of sp³-hybridized carbons (Fsp3) is 0.714.